The quantitative estimate of drug-likeness (QED) is 0.421. The lowest BCUT2D eigenvalue weighted by molar-refractivity contribution is 0.262. The molecule has 2 amide bonds. The second kappa shape index (κ2) is 8.92. The van der Waals surface area contributed by atoms with E-state index in [9.17, 15) is 13.2 Å². The van der Waals surface area contributed by atoms with Crippen molar-refractivity contribution in [2.45, 2.75) is 4.90 Å². The lowest BCUT2D eigenvalue weighted by atomic mass is 10.3. The maximum atomic E-state index is 12.6. The van der Waals surface area contributed by atoms with Crippen LogP contribution in [0.3, 0.4) is 0 Å². The highest BCUT2D eigenvalue weighted by molar-refractivity contribution is 7.92. The molecule has 29 heavy (non-hydrogen) atoms. The zero-order valence-electron chi connectivity index (χ0n) is 14.6. The summed E-state index contributed by atoms with van der Waals surface area (Å²) in [6.07, 6.45) is 0. The van der Waals surface area contributed by atoms with E-state index in [4.69, 9.17) is 34.8 Å². The number of anilines is 3. The van der Waals surface area contributed by atoms with Gasteiger partial charge in [0.15, 0.2) is 0 Å². The van der Waals surface area contributed by atoms with Gasteiger partial charge in [0.1, 0.15) is 0 Å². The van der Waals surface area contributed by atoms with E-state index in [1.54, 1.807) is 36.4 Å². The van der Waals surface area contributed by atoms with Gasteiger partial charge in [-0.2, -0.15) is 0 Å². The Hall–Kier alpha value is -2.45. The third-order valence-corrected chi connectivity index (χ3v) is 6.01. The normalized spacial score (nSPS) is 11.0. The molecule has 0 aromatic heterocycles. The molecule has 150 valence electrons. The predicted octanol–water partition coefficient (Wildman–Crippen LogP) is 6.09. The highest BCUT2D eigenvalue weighted by Gasteiger charge is 2.15. The second-order valence-corrected chi connectivity index (χ2v) is 8.78. The van der Waals surface area contributed by atoms with Crippen molar-refractivity contribution >= 4 is 67.9 Å². The molecule has 0 fully saturated rings. The standard InChI is InChI=1S/C19H14Cl3N3O3S/c20-12-3-1-5-15(9-12)25-29(27,28)16-6-2-4-13(10-16)23-19(26)24-14-7-8-17(21)18(22)11-14/h1-11,25H,(H2,23,24,26). The number of halogens is 3. The Balaban J connectivity index is 1.73. The minimum Gasteiger partial charge on any atom is -0.308 e. The topological polar surface area (TPSA) is 87.3 Å². The van der Waals surface area contributed by atoms with Crippen molar-refractivity contribution < 1.29 is 13.2 Å². The van der Waals surface area contributed by atoms with Gasteiger partial charge in [-0.25, -0.2) is 13.2 Å². The van der Waals surface area contributed by atoms with Crippen molar-refractivity contribution in [3.05, 3.63) is 81.8 Å². The Bertz CT molecular complexity index is 1170. The summed E-state index contributed by atoms with van der Waals surface area (Å²) in [5.41, 5.74) is 1.05. The van der Waals surface area contributed by atoms with E-state index >= 15 is 0 Å². The van der Waals surface area contributed by atoms with E-state index in [0.717, 1.165) is 0 Å². The van der Waals surface area contributed by atoms with Crippen LogP contribution in [0, 0.1) is 0 Å². The Morgan fingerprint density at radius 1 is 0.724 bits per heavy atom. The average molecular weight is 471 g/mol. The Morgan fingerprint density at radius 3 is 2.07 bits per heavy atom. The van der Waals surface area contributed by atoms with Gasteiger partial charge in [0.25, 0.3) is 10.0 Å². The Morgan fingerprint density at radius 2 is 1.38 bits per heavy atom. The molecule has 0 bridgehead atoms. The number of urea groups is 1. The molecule has 6 nitrogen and oxygen atoms in total. The summed E-state index contributed by atoms with van der Waals surface area (Å²) >= 11 is 17.6. The number of benzene rings is 3. The largest absolute Gasteiger partial charge is 0.323 e. The summed E-state index contributed by atoms with van der Waals surface area (Å²) in [5.74, 6) is 0. The molecular formula is C19H14Cl3N3O3S. The number of sulfonamides is 1. The van der Waals surface area contributed by atoms with Gasteiger partial charge in [-0.3, -0.25) is 4.72 Å². The molecule has 3 aromatic carbocycles. The molecule has 3 aromatic rings. The lowest BCUT2D eigenvalue weighted by Crippen LogP contribution is -2.20. The summed E-state index contributed by atoms with van der Waals surface area (Å²) < 4.78 is 27.6. The fourth-order valence-electron chi connectivity index (χ4n) is 2.37. The van der Waals surface area contributed by atoms with Crippen LogP contribution in [0.4, 0.5) is 21.9 Å². The van der Waals surface area contributed by atoms with Crippen LogP contribution in [0.25, 0.3) is 0 Å². The second-order valence-electron chi connectivity index (χ2n) is 5.85. The predicted molar refractivity (Wildman–Crippen MR) is 118 cm³/mol. The van der Waals surface area contributed by atoms with E-state index in [1.807, 2.05) is 0 Å². The average Bonchev–Trinajstić information content (AvgIpc) is 2.64. The van der Waals surface area contributed by atoms with Crippen molar-refractivity contribution in [2.75, 3.05) is 15.4 Å². The van der Waals surface area contributed by atoms with Gasteiger partial charge in [-0.1, -0.05) is 46.9 Å². The third-order valence-electron chi connectivity index (χ3n) is 3.66. The van der Waals surface area contributed by atoms with Crippen LogP contribution in [0.2, 0.25) is 15.1 Å². The molecule has 3 rings (SSSR count). The van der Waals surface area contributed by atoms with E-state index in [2.05, 4.69) is 15.4 Å². The molecule has 0 saturated heterocycles. The van der Waals surface area contributed by atoms with Gasteiger partial charge in [0.05, 0.1) is 20.6 Å². The summed E-state index contributed by atoms with van der Waals surface area (Å²) in [6, 6.07) is 16.2. The first-order valence-corrected chi connectivity index (χ1v) is 10.8. The molecular weight excluding hydrogens is 457 g/mol. The summed E-state index contributed by atoms with van der Waals surface area (Å²) in [7, 11) is -3.87. The highest BCUT2D eigenvalue weighted by Crippen LogP contribution is 2.25. The molecule has 10 heteroatoms. The van der Waals surface area contributed by atoms with E-state index in [0.29, 0.717) is 26.4 Å². The molecule has 0 spiro atoms. The van der Waals surface area contributed by atoms with Gasteiger partial charge < -0.3 is 10.6 Å². The SMILES string of the molecule is O=C(Nc1cccc(S(=O)(=O)Nc2cccc(Cl)c2)c1)Nc1ccc(Cl)c(Cl)c1. The molecule has 0 radical (unpaired) electrons. The van der Waals surface area contributed by atoms with Gasteiger partial charge in [0, 0.05) is 16.4 Å². The van der Waals surface area contributed by atoms with Crippen LogP contribution >= 0.6 is 34.8 Å². The number of hydrogen-bond donors (Lipinski definition) is 3. The smallest absolute Gasteiger partial charge is 0.308 e. The summed E-state index contributed by atoms with van der Waals surface area (Å²) in [6.45, 7) is 0. The van der Waals surface area contributed by atoms with Gasteiger partial charge in [-0.15, -0.1) is 0 Å². The molecule has 3 N–H and O–H groups in total. The molecule has 0 aliphatic rings. The molecule has 0 saturated carbocycles. The first-order valence-electron chi connectivity index (χ1n) is 8.14. The third kappa shape index (κ3) is 5.77. The van der Waals surface area contributed by atoms with Crippen LogP contribution in [0.1, 0.15) is 0 Å². The van der Waals surface area contributed by atoms with Crippen molar-refractivity contribution in [3.8, 4) is 0 Å². The van der Waals surface area contributed by atoms with Crippen LogP contribution < -0.4 is 15.4 Å². The highest BCUT2D eigenvalue weighted by atomic mass is 35.5. The monoisotopic (exact) mass is 469 g/mol. The molecule has 0 atom stereocenters. The number of carbonyl (C=O) groups is 1. The Kier molecular flexibility index (Phi) is 6.54. The Labute approximate surface area is 182 Å². The van der Waals surface area contributed by atoms with Crippen LogP contribution in [0.15, 0.2) is 71.6 Å². The number of carbonyl (C=O) groups excluding carboxylic acids is 1. The van der Waals surface area contributed by atoms with Crippen LogP contribution in [0.5, 0.6) is 0 Å². The minimum atomic E-state index is -3.87. The van der Waals surface area contributed by atoms with Gasteiger partial charge >= 0.3 is 6.03 Å². The van der Waals surface area contributed by atoms with Crippen molar-refractivity contribution in [3.63, 3.8) is 0 Å². The molecule has 0 aliphatic carbocycles. The summed E-state index contributed by atoms with van der Waals surface area (Å²) in [4.78, 5) is 12.2. The van der Waals surface area contributed by atoms with Crippen LogP contribution in [-0.4, -0.2) is 14.4 Å². The number of nitrogens with one attached hydrogen (secondary N) is 3. The van der Waals surface area contributed by atoms with E-state index in [1.165, 1.54) is 30.3 Å². The first kappa shape index (κ1) is 21.3. The zero-order valence-corrected chi connectivity index (χ0v) is 17.7. The van der Waals surface area contributed by atoms with Crippen molar-refractivity contribution in [1.82, 2.24) is 0 Å². The van der Waals surface area contributed by atoms with Crippen LogP contribution in [-0.2, 0) is 10.0 Å². The lowest BCUT2D eigenvalue weighted by Gasteiger charge is -2.11. The maximum Gasteiger partial charge on any atom is 0.323 e. The first-order chi connectivity index (χ1) is 13.7. The van der Waals surface area contributed by atoms with Crippen molar-refractivity contribution in [2.24, 2.45) is 0 Å². The van der Waals surface area contributed by atoms with Crippen molar-refractivity contribution in [1.29, 1.82) is 0 Å². The molecule has 0 aliphatic heterocycles. The number of hydrogen-bond acceptors (Lipinski definition) is 3. The molecule has 0 unspecified atom stereocenters. The fourth-order valence-corrected chi connectivity index (χ4v) is 3.96. The van der Waals surface area contributed by atoms with E-state index in [-0.39, 0.29) is 10.6 Å². The van der Waals surface area contributed by atoms with Gasteiger partial charge in [0.2, 0.25) is 0 Å². The maximum absolute atomic E-state index is 12.6. The fraction of sp³-hybridized carbons (Fsp3) is 0. The summed E-state index contributed by atoms with van der Waals surface area (Å²) in [5, 5.41) is 6.22. The van der Waals surface area contributed by atoms with Gasteiger partial charge in [-0.05, 0) is 54.6 Å². The van der Waals surface area contributed by atoms with E-state index < -0.39 is 16.1 Å². The minimum absolute atomic E-state index is 0.0233. The zero-order chi connectivity index (χ0) is 21.0. The number of rotatable bonds is 5. The number of amides is 2. The molecule has 0 heterocycles.